The number of nitrogens with zero attached hydrogens (tertiary/aromatic N) is 4. The normalized spacial score (nSPS) is 16.8. The third-order valence-corrected chi connectivity index (χ3v) is 5.88. The van der Waals surface area contributed by atoms with Gasteiger partial charge < -0.3 is 10.2 Å². The van der Waals surface area contributed by atoms with Crippen molar-refractivity contribution in [3.8, 4) is 0 Å². The Morgan fingerprint density at radius 3 is 2.41 bits per heavy atom. The van der Waals surface area contributed by atoms with Gasteiger partial charge in [-0.15, -0.1) is 11.3 Å². The summed E-state index contributed by atoms with van der Waals surface area (Å²) in [6, 6.07) is 9.70. The van der Waals surface area contributed by atoms with Crippen LogP contribution in [0.3, 0.4) is 0 Å². The maximum atomic E-state index is 12.8. The third kappa shape index (κ3) is 6.35. The van der Waals surface area contributed by atoms with E-state index in [1.807, 2.05) is 35.7 Å². The Bertz CT molecular complexity index is 782. The molecule has 1 saturated heterocycles. The van der Waals surface area contributed by atoms with Crippen molar-refractivity contribution in [2.45, 2.75) is 12.5 Å². The first-order valence-electron chi connectivity index (χ1n) is 9.91. The van der Waals surface area contributed by atoms with Gasteiger partial charge in [0.05, 0.1) is 13.1 Å². The van der Waals surface area contributed by atoms with Gasteiger partial charge in [0.1, 0.15) is 11.0 Å². The lowest BCUT2D eigenvalue weighted by molar-refractivity contribution is -0.130. The number of thiazole rings is 1. The third-order valence-electron chi connectivity index (χ3n) is 5.04. The highest BCUT2D eigenvalue weighted by Gasteiger charge is 2.22. The number of carbonyl (C=O) groups is 2. The molecule has 7 nitrogen and oxygen atoms in total. The van der Waals surface area contributed by atoms with Gasteiger partial charge in [-0.3, -0.25) is 19.4 Å². The smallest absolute Gasteiger partial charge is 0.236 e. The fraction of sp³-hybridized carbons (Fsp3) is 0.476. The van der Waals surface area contributed by atoms with Crippen molar-refractivity contribution in [1.29, 1.82) is 0 Å². The fourth-order valence-electron chi connectivity index (χ4n) is 3.39. The molecule has 2 aromatic rings. The van der Waals surface area contributed by atoms with Crippen molar-refractivity contribution in [1.82, 2.24) is 25.0 Å². The first kappa shape index (κ1) is 21.4. The molecule has 1 aliphatic rings. The highest BCUT2D eigenvalue weighted by molar-refractivity contribution is 7.09. The van der Waals surface area contributed by atoms with Crippen LogP contribution in [0.25, 0.3) is 0 Å². The van der Waals surface area contributed by atoms with Crippen LogP contribution in [0, 0.1) is 0 Å². The Kier molecular flexibility index (Phi) is 7.74. The van der Waals surface area contributed by atoms with Gasteiger partial charge in [0.25, 0.3) is 0 Å². The summed E-state index contributed by atoms with van der Waals surface area (Å²) < 4.78 is 0. The molecule has 0 aliphatic carbocycles. The molecule has 0 bridgehead atoms. The van der Waals surface area contributed by atoms with Gasteiger partial charge in [0.15, 0.2) is 0 Å². The first-order chi connectivity index (χ1) is 14.0. The number of likely N-dealkylation sites (N-methyl/N-ethyl adjacent to an activating group) is 1. The second kappa shape index (κ2) is 10.5. The summed E-state index contributed by atoms with van der Waals surface area (Å²) in [5.74, 6) is 0.109. The predicted octanol–water partition coefficient (Wildman–Crippen LogP) is 1.44. The van der Waals surface area contributed by atoms with Crippen molar-refractivity contribution >= 4 is 23.2 Å². The Morgan fingerprint density at radius 2 is 1.79 bits per heavy atom. The van der Waals surface area contributed by atoms with Crippen molar-refractivity contribution in [3.05, 3.63) is 52.5 Å². The van der Waals surface area contributed by atoms with Crippen molar-refractivity contribution in [2.75, 3.05) is 53.4 Å². The molecule has 2 heterocycles. The van der Waals surface area contributed by atoms with Crippen molar-refractivity contribution in [2.24, 2.45) is 0 Å². The number of hydrogen-bond donors (Lipinski definition) is 1. The predicted molar refractivity (Wildman–Crippen MR) is 115 cm³/mol. The summed E-state index contributed by atoms with van der Waals surface area (Å²) in [6.07, 6.45) is 2.71. The SMILES string of the molecule is CN(C)C(=O)CN1CCCN(CC(=O)NC(c2ccccc2)c2nccs2)CC1. The molecule has 3 rings (SSSR count). The molecular weight excluding hydrogens is 386 g/mol. The number of carbonyl (C=O) groups excluding carboxylic acids is 2. The molecule has 0 radical (unpaired) electrons. The monoisotopic (exact) mass is 415 g/mol. The van der Waals surface area contributed by atoms with Crippen molar-refractivity contribution in [3.63, 3.8) is 0 Å². The van der Waals surface area contributed by atoms with Crippen LogP contribution in [0.15, 0.2) is 41.9 Å². The lowest BCUT2D eigenvalue weighted by Crippen LogP contribution is -2.41. The van der Waals surface area contributed by atoms with Crippen LogP contribution in [0.4, 0.5) is 0 Å². The molecule has 1 fully saturated rings. The van der Waals surface area contributed by atoms with E-state index in [4.69, 9.17) is 0 Å². The summed E-state index contributed by atoms with van der Waals surface area (Å²) in [4.78, 5) is 35.1. The minimum absolute atomic E-state index is 0.00753. The molecule has 2 amide bonds. The highest BCUT2D eigenvalue weighted by Crippen LogP contribution is 2.23. The topological polar surface area (TPSA) is 68.8 Å². The number of amides is 2. The number of benzene rings is 1. The van der Waals surface area contributed by atoms with Gasteiger partial charge in [-0.2, -0.15) is 0 Å². The van der Waals surface area contributed by atoms with Gasteiger partial charge in [0, 0.05) is 38.8 Å². The Hall–Kier alpha value is -2.29. The number of rotatable bonds is 7. The quantitative estimate of drug-likeness (QED) is 0.741. The molecule has 1 aromatic heterocycles. The zero-order chi connectivity index (χ0) is 20.6. The molecule has 29 heavy (non-hydrogen) atoms. The Balaban J connectivity index is 1.56. The number of aromatic nitrogens is 1. The molecule has 1 unspecified atom stereocenters. The van der Waals surface area contributed by atoms with Crippen molar-refractivity contribution < 1.29 is 9.59 Å². The summed E-state index contributed by atoms with van der Waals surface area (Å²) in [6.45, 7) is 4.09. The van der Waals surface area contributed by atoms with Crippen LogP contribution in [0.1, 0.15) is 23.0 Å². The van der Waals surface area contributed by atoms with Gasteiger partial charge in [-0.25, -0.2) is 4.98 Å². The number of nitrogens with one attached hydrogen (secondary N) is 1. The van der Waals surface area contributed by atoms with Gasteiger partial charge in [0.2, 0.25) is 11.8 Å². The molecule has 1 atom stereocenters. The second-order valence-electron chi connectivity index (χ2n) is 7.48. The standard InChI is InChI=1S/C21H29N5O2S/c1-24(2)19(28)16-26-11-6-10-25(12-13-26)15-18(27)23-20(21-22-9-14-29-21)17-7-4-3-5-8-17/h3-5,7-9,14,20H,6,10-13,15-16H2,1-2H3,(H,23,27). The first-order valence-corrected chi connectivity index (χ1v) is 10.8. The molecule has 1 N–H and O–H groups in total. The minimum atomic E-state index is -0.232. The summed E-state index contributed by atoms with van der Waals surface area (Å²) in [7, 11) is 3.56. The van der Waals surface area contributed by atoms with E-state index in [1.54, 1.807) is 36.5 Å². The van der Waals surface area contributed by atoms with E-state index in [2.05, 4.69) is 20.1 Å². The van der Waals surface area contributed by atoms with E-state index < -0.39 is 0 Å². The average Bonchev–Trinajstić information content (AvgIpc) is 3.16. The lowest BCUT2D eigenvalue weighted by atomic mass is 10.1. The summed E-state index contributed by atoms with van der Waals surface area (Å²) >= 11 is 1.54. The van der Waals surface area contributed by atoms with E-state index in [0.717, 1.165) is 43.2 Å². The van der Waals surface area contributed by atoms with Crippen LogP contribution < -0.4 is 5.32 Å². The minimum Gasteiger partial charge on any atom is -0.348 e. The van der Waals surface area contributed by atoms with Crippen LogP contribution in [-0.2, 0) is 9.59 Å². The van der Waals surface area contributed by atoms with Crippen LogP contribution in [0.2, 0.25) is 0 Å². The molecular formula is C21H29N5O2S. The highest BCUT2D eigenvalue weighted by atomic mass is 32.1. The largest absolute Gasteiger partial charge is 0.348 e. The van der Waals surface area contributed by atoms with E-state index in [-0.39, 0.29) is 17.9 Å². The van der Waals surface area contributed by atoms with Crippen LogP contribution in [0.5, 0.6) is 0 Å². The van der Waals surface area contributed by atoms with E-state index in [9.17, 15) is 9.59 Å². The summed E-state index contributed by atoms with van der Waals surface area (Å²) in [5.41, 5.74) is 1.03. The van der Waals surface area contributed by atoms with Gasteiger partial charge in [-0.05, 0) is 25.1 Å². The molecule has 156 valence electrons. The van der Waals surface area contributed by atoms with E-state index >= 15 is 0 Å². The number of hydrogen-bond acceptors (Lipinski definition) is 6. The second-order valence-corrected chi connectivity index (χ2v) is 8.40. The fourth-order valence-corrected chi connectivity index (χ4v) is 4.11. The van der Waals surface area contributed by atoms with Crippen LogP contribution in [-0.4, -0.2) is 84.9 Å². The zero-order valence-corrected chi connectivity index (χ0v) is 17.9. The Morgan fingerprint density at radius 1 is 1.10 bits per heavy atom. The molecule has 1 aromatic carbocycles. The maximum absolute atomic E-state index is 12.8. The average molecular weight is 416 g/mol. The van der Waals surface area contributed by atoms with E-state index in [1.165, 1.54) is 0 Å². The van der Waals surface area contributed by atoms with Gasteiger partial charge >= 0.3 is 0 Å². The molecule has 0 spiro atoms. The van der Waals surface area contributed by atoms with Gasteiger partial charge in [-0.1, -0.05) is 30.3 Å². The molecule has 1 aliphatic heterocycles. The Labute approximate surface area is 176 Å². The molecule has 8 heteroatoms. The zero-order valence-electron chi connectivity index (χ0n) is 17.1. The lowest BCUT2D eigenvalue weighted by Gasteiger charge is -2.23. The van der Waals surface area contributed by atoms with Crippen LogP contribution >= 0.6 is 11.3 Å². The molecule has 0 saturated carbocycles. The van der Waals surface area contributed by atoms with E-state index in [0.29, 0.717) is 13.1 Å². The summed E-state index contributed by atoms with van der Waals surface area (Å²) in [5, 5.41) is 5.96. The maximum Gasteiger partial charge on any atom is 0.236 e.